The lowest BCUT2D eigenvalue weighted by molar-refractivity contribution is -0.0763. The van der Waals surface area contributed by atoms with Crippen LogP contribution in [0.4, 0.5) is 0 Å². The predicted octanol–water partition coefficient (Wildman–Crippen LogP) is 1.32. The second kappa shape index (κ2) is 5.69. The molecule has 0 aromatic carbocycles. The molecule has 3 rings (SSSR count). The first-order chi connectivity index (χ1) is 10.1. The molecular weight excluding hydrogens is 270 g/mol. The Bertz CT molecular complexity index is 553. The number of nitrogens with zero attached hydrogens (tertiary/aromatic N) is 2. The molecule has 0 saturated carbocycles. The Balaban J connectivity index is 2.07. The third-order valence-electron chi connectivity index (χ3n) is 4.25. The summed E-state index contributed by atoms with van der Waals surface area (Å²) >= 11 is 0. The maximum absolute atomic E-state index is 12.0. The van der Waals surface area contributed by atoms with E-state index in [2.05, 4.69) is 10.3 Å². The zero-order valence-electron chi connectivity index (χ0n) is 12.6. The molecule has 2 aliphatic rings. The Morgan fingerprint density at radius 3 is 2.95 bits per heavy atom. The smallest absolute Gasteiger partial charge is 0.357 e. The number of fused-ring (bicyclic) bond motifs is 1. The lowest BCUT2D eigenvalue weighted by atomic mass is 9.94. The fourth-order valence-electron chi connectivity index (χ4n) is 2.96. The normalized spacial score (nSPS) is 25.2. The Kier molecular flexibility index (Phi) is 3.91. The van der Waals surface area contributed by atoms with E-state index in [1.807, 2.05) is 6.92 Å². The van der Waals surface area contributed by atoms with Gasteiger partial charge in [0, 0.05) is 31.7 Å². The molecule has 0 amide bonds. The number of esters is 1. The van der Waals surface area contributed by atoms with Gasteiger partial charge in [-0.05, 0) is 26.2 Å². The number of hydrogen-bond donors (Lipinski definition) is 1. The minimum Gasteiger partial charge on any atom is -0.464 e. The van der Waals surface area contributed by atoms with Crippen LogP contribution in [0.5, 0.6) is 0 Å². The van der Waals surface area contributed by atoms with Gasteiger partial charge < -0.3 is 14.8 Å². The number of methoxy groups -OCH3 is 1. The van der Waals surface area contributed by atoms with Gasteiger partial charge in [-0.2, -0.15) is 0 Å². The van der Waals surface area contributed by atoms with E-state index in [-0.39, 0.29) is 0 Å². The van der Waals surface area contributed by atoms with E-state index in [4.69, 9.17) is 14.5 Å². The molecule has 6 nitrogen and oxygen atoms in total. The Morgan fingerprint density at radius 2 is 2.24 bits per heavy atom. The number of ether oxygens (including phenoxy) is 2. The van der Waals surface area contributed by atoms with Crippen molar-refractivity contribution in [3.8, 4) is 0 Å². The fraction of sp³-hybridized carbons (Fsp3) is 0.667. The number of aromatic nitrogens is 2. The van der Waals surface area contributed by atoms with Gasteiger partial charge in [0.1, 0.15) is 5.60 Å². The average molecular weight is 291 g/mol. The second-order valence-electron chi connectivity index (χ2n) is 5.78. The van der Waals surface area contributed by atoms with Gasteiger partial charge in [-0.15, -0.1) is 0 Å². The summed E-state index contributed by atoms with van der Waals surface area (Å²) in [7, 11) is 1.38. The van der Waals surface area contributed by atoms with Gasteiger partial charge in [0.05, 0.1) is 12.8 Å². The van der Waals surface area contributed by atoms with Crippen molar-refractivity contribution in [2.45, 2.75) is 44.8 Å². The van der Waals surface area contributed by atoms with Gasteiger partial charge in [-0.1, -0.05) is 0 Å². The molecule has 0 spiro atoms. The summed E-state index contributed by atoms with van der Waals surface area (Å²) < 4.78 is 10.8. The summed E-state index contributed by atoms with van der Waals surface area (Å²) in [4.78, 5) is 21.2. The average Bonchev–Trinajstić information content (AvgIpc) is 2.53. The number of carbonyl (C=O) groups excluding carboxylic acids is 1. The number of carbonyl (C=O) groups is 1. The summed E-state index contributed by atoms with van der Waals surface area (Å²) in [6.45, 7) is 4.20. The molecular formula is C15H21N3O3. The lowest BCUT2D eigenvalue weighted by Crippen LogP contribution is -2.35. The number of hydrogen-bond acceptors (Lipinski definition) is 6. The van der Waals surface area contributed by atoms with Crippen molar-refractivity contribution < 1.29 is 14.3 Å². The van der Waals surface area contributed by atoms with Crippen LogP contribution in [-0.2, 0) is 28.0 Å². The molecule has 1 aromatic heterocycles. The van der Waals surface area contributed by atoms with Gasteiger partial charge >= 0.3 is 5.97 Å². The SMILES string of the molecule is COC(=O)c1nc(C2(C)CCCCO2)nc2c1CNCC2. The van der Waals surface area contributed by atoms with Crippen LogP contribution in [0.2, 0.25) is 0 Å². The quantitative estimate of drug-likeness (QED) is 0.829. The van der Waals surface area contributed by atoms with Crippen molar-refractivity contribution in [2.24, 2.45) is 0 Å². The molecule has 21 heavy (non-hydrogen) atoms. The van der Waals surface area contributed by atoms with E-state index in [0.29, 0.717) is 24.7 Å². The molecule has 1 fully saturated rings. The molecule has 1 unspecified atom stereocenters. The monoisotopic (exact) mass is 291 g/mol. The molecule has 1 saturated heterocycles. The van der Waals surface area contributed by atoms with Gasteiger partial charge in [0.2, 0.25) is 0 Å². The van der Waals surface area contributed by atoms with Crippen LogP contribution in [0, 0.1) is 0 Å². The molecule has 3 heterocycles. The second-order valence-corrected chi connectivity index (χ2v) is 5.78. The highest BCUT2D eigenvalue weighted by molar-refractivity contribution is 5.89. The highest BCUT2D eigenvalue weighted by atomic mass is 16.5. The Morgan fingerprint density at radius 1 is 1.38 bits per heavy atom. The van der Waals surface area contributed by atoms with Crippen molar-refractivity contribution in [1.29, 1.82) is 0 Å². The zero-order valence-corrected chi connectivity index (χ0v) is 12.6. The predicted molar refractivity (Wildman–Crippen MR) is 75.9 cm³/mol. The molecule has 0 aliphatic carbocycles. The number of nitrogens with one attached hydrogen (secondary N) is 1. The van der Waals surface area contributed by atoms with Crippen molar-refractivity contribution in [3.05, 3.63) is 22.8 Å². The molecule has 1 aromatic rings. The van der Waals surface area contributed by atoms with Crippen LogP contribution in [0.25, 0.3) is 0 Å². The third kappa shape index (κ3) is 2.65. The van der Waals surface area contributed by atoms with Gasteiger partial charge in [-0.3, -0.25) is 0 Å². The molecule has 0 radical (unpaired) electrons. The molecule has 6 heteroatoms. The summed E-state index contributed by atoms with van der Waals surface area (Å²) in [6, 6.07) is 0. The summed E-state index contributed by atoms with van der Waals surface area (Å²) in [5.74, 6) is 0.209. The van der Waals surface area contributed by atoms with Crippen LogP contribution >= 0.6 is 0 Å². The highest BCUT2D eigenvalue weighted by Gasteiger charge is 2.35. The molecule has 0 bridgehead atoms. The standard InChI is InChI=1S/C15H21N3O3/c1-15(6-3-4-8-21-15)14-17-11-5-7-16-9-10(11)12(18-14)13(19)20-2/h16H,3-9H2,1-2H3. The largest absolute Gasteiger partial charge is 0.464 e. The van der Waals surface area contributed by atoms with Gasteiger partial charge in [-0.25, -0.2) is 14.8 Å². The summed E-state index contributed by atoms with van der Waals surface area (Å²) in [5.41, 5.74) is 1.67. The van der Waals surface area contributed by atoms with E-state index >= 15 is 0 Å². The van der Waals surface area contributed by atoms with E-state index < -0.39 is 11.6 Å². The third-order valence-corrected chi connectivity index (χ3v) is 4.25. The van der Waals surface area contributed by atoms with Crippen molar-refractivity contribution >= 4 is 5.97 Å². The van der Waals surface area contributed by atoms with Crippen LogP contribution in [0.1, 0.15) is 53.8 Å². The molecule has 1 N–H and O–H groups in total. The molecule has 1 atom stereocenters. The molecule has 114 valence electrons. The first-order valence-electron chi connectivity index (χ1n) is 7.47. The van der Waals surface area contributed by atoms with Gasteiger partial charge in [0.25, 0.3) is 0 Å². The van der Waals surface area contributed by atoms with Crippen molar-refractivity contribution in [1.82, 2.24) is 15.3 Å². The maximum atomic E-state index is 12.0. The Hall–Kier alpha value is -1.53. The van der Waals surface area contributed by atoms with E-state index in [1.54, 1.807) is 0 Å². The van der Waals surface area contributed by atoms with Crippen LogP contribution in [0.3, 0.4) is 0 Å². The van der Waals surface area contributed by atoms with E-state index in [1.165, 1.54) is 7.11 Å². The first kappa shape index (κ1) is 14.4. The van der Waals surface area contributed by atoms with Gasteiger partial charge in [0.15, 0.2) is 11.5 Å². The summed E-state index contributed by atoms with van der Waals surface area (Å²) in [5, 5.41) is 3.25. The maximum Gasteiger partial charge on any atom is 0.357 e. The first-order valence-corrected chi connectivity index (χ1v) is 7.47. The highest BCUT2D eigenvalue weighted by Crippen LogP contribution is 2.33. The Labute approximate surface area is 124 Å². The lowest BCUT2D eigenvalue weighted by Gasteiger charge is -2.33. The zero-order chi connectivity index (χ0) is 14.9. The van der Waals surface area contributed by atoms with Crippen LogP contribution < -0.4 is 5.32 Å². The van der Waals surface area contributed by atoms with E-state index in [0.717, 1.165) is 43.5 Å². The summed E-state index contributed by atoms with van der Waals surface area (Å²) in [6.07, 6.45) is 3.83. The molecule has 2 aliphatic heterocycles. The van der Waals surface area contributed by atoms with Crippen molar-refractivity contribution in [2.75, 3.05) is 20.3 Å². The van der Waals surface area contributed by atoms with E-state index in [9.17, 15) is 4.79 Å². The van der Waals surface area contributed by atoms with Crippen LogP contribution in [0.15, 0.2) is 0 Å². The topological polar surface area (TPSA) is 73.3 Å². The fourth-order valence-corrected chi connectivity index (χ4v) is 2.96. The number of rotatable bonds is 2. The minimum absolute atomic E-state index is 0.375. The van der Waals surface area contributed by atoms with Crippen LogP contribution in [-0.4, -0.2) is 36.2 Å². The van der Waals surface area contributed by atoms with Crippen molar-refractivity contribution in [3.63, 3.8) is 0 Å². The minimum atomic E-state index is -0.499.